The van der Waals surface area contributed by atoms with E-state index in [1.54, 1.807) is 12.4 Å². The van der Waals surface area contributed by atoms with E-state index < -0.39 is 0 Å². The Kier molecular flexibility index (Phi) is 3.70. The predicted molar refractivity (Wildman–Crippen MR) is 85.4 cm³/mol. The Labute approximate surface area is 131 Å². The largest absolute Gasteiger partial charge is 0.336 e. The summed E-state index contributed by atoms with van der Waals surface area (Å²) >= 11 is 0. The van der Waals surface area contributed by atoms with Crippen LogP contribution in [0.4, 0.5) is 0 Å². The molecule has 22 heavy (non-hydrogen) atoms. The van der Waals surface area contributed by atoms with Crippen molar-refractivity contribution in [3.05, 3.63) is 42.2 Å². The van der Waals surface area contributed by atoms with Gasteiger partial charge in [-0.25, -0.2) is 0 Å². The summed E-state index contributed by atoms with van der Waals surface area (Å²) in [5, 5.41) is 0. The topological polar surface area (TPSA) is 36.4 Å². The molecule has 1 saturated carbocycles. The van der Waals surface area contributed by atoms with Crippen LogP contribution in [0.2, 0.25) is 0 Å². The van der Waals surface area contributed by atoms with Crippen LogP contribution in [0.5, 0.6) is 0 Å². The molecule has 1 aromatic heterocycles. The number of aromatic nitrogens is 1. The van der Waals surface area contributed by atoms with Gasteiger partial charge in [0.1, 0.15) is 0 Å². The number of amides is 1. The van der Waals surface area contributed by atoms with Crippen molar-refractivity contribution in [1.29, 1.82) is 0 Å². The van der Waals surface area contributed by atoms with E-state index >= 15 is 0 Å². The number of carbonyl (C=O) groups is 1. The lowest BCUT2D eigenvalue weighted by molar-refractivity contribution is 0.0610. The van der Waals surface area contributed by atoms with E-state index in [4.69, 9.17) is 0 Å². The van der Waals surface area contributed by atoms with Crippen molar-refractivity contribution in [1.82, 2.24) is 14.8 Å². The first kappa shape index (κ1) is 13.9. The molecule has 1 amide bonds. The first-order chi connectivity index (χ1) is 10.8. The van der Waals surface area contributed by atoms with Gasteiger partial charge < -0.3 is 4.90 Å². The highest BCUT2D eigenvalue weighted by molar-refractivity contribution is 5.93. The summed E-state index contributed by atoms with van der Waals surface area (Å²) in [7, 11) is 0. The molecule has 4 rings (SSSR count). The van der Waals surface area contributed by atoms with Crippen molar-refractivity contribution in [3.63, 3.8) is 0 Å². The average molecular weight is 297 g/mol. The van der Waals surface area contributed by atoms with E-state index in [9.17, 15) is 4.79 Å². The second kappa shape index (κ2) is 5.84. The molecule has 2 heterocycles. The van der Waals surface area contributed by atoms with E-state index in [0.717, 1.165) is 43.9 Å². The number of hydrogen-bond acceptors (Lipinski definition) is 3. The molecule has 4 heteroatoms. The molecule has 116 valence electrons. The number of carbonyl (C=O) groups excluding carboxylic acids is 1. The van der Waals surface area contributed by atoms with Gasteiger partial charge >= 0.3 is 0 Å². The van der Waals surface area contributed by atoms with Crippen molar-refractivity contribution >= 4 is 5.91 Å². The zero-order valence-electron chi connectivity index (χ0n) is 12.9. The molecule has 1 aromatic rings. The molecular formula is C18H23N3O. The minimum absolute atomic E-state index is 0.121. The lowest BCUT2D eigenvalue weighted by Gasteiger charge is -2.36. The highest BCUT2D eigenvalue weighted by atomic mass is 16.2. The van der Waals surface area contributed by atoms with E-state index in [1.165, 1.54) is 19.4 Å². The van der Waals surface area contributed by atoms with Crippen LogP contribution in [0.15, 0.2) is 36.7 Å². The lowest BCUT2D eigenvalue weighted by Crippen LogP contribution is -2.50. The van der Waals surface area contributed by atoms with Crippen molar-refractivity contribution in [2.45, 2.75) is 12.8 Å². The van der Waals surface area contributed by atoms with Crippen molar-refractivity contribution < 1.29 is 4.79 Å². The van der Waals surface area contributed by atoms with E-state index in [2.05, 4.69) is 22.0 Å². The molecule has 1 aliphatic heterocycles. The third-order valence-electron chi connectivity index (χ3n) is 5.48. The Balaban J connectivity index is 1.29. The second-order valence-corrected chi connectivity index (χ2v) is 6.87. The fraction of sp³-hybridized carbons (Fsp3) is 0.556. The summed E-state index contributed by atoms with van der Waals surface area (Å²) in [5.74, 6) is 2.63. The second-order valence-electron chi connectivity index (χ2n) is 6.87. The average Bonchev–Trinajstić information content (AvgIpc) is 3.19. The summed E-state index contributed by atoms with van der Waals surface area (Å²) in [6, 6.07) is 3.68. The standard InChI is InChI=1S/C18H23N3O/c22-18(16-2-1-5-19-12-16)21-8-6-20(7-9-21)13-17-11-14-3-4-15(17)10-14/h1-5,12,14-15,17H,6-11,13H2/t14-,15-,17-/m0/s1. The molecule has 0 spiro atoms. The third kappa shape index (κ3) is 2.68. The molecule has 0 N–H and O–H groups in total. The van der Waals surface area contributed by atoms with E-state index in [0.29, 0.717) is 5.56 Å². The monoisotopic (exact) mass is 297 g/mol. The maximum atomic E-state index is 12.4. The molecule has 0 unspecified atom stereocenters. The summed E-state index contributed by atoms with van der Waals surface area (Å²) in [4.78, 5) is 21.0. The van der Waals surface area contributed by atoms with Gasteiger partial charge in [-0.15, -0.1) is 0 Å². The Hall–Kier alpha value is -1.68. The summed E-state index contributed by atoms with van der Waals surface area (Å²) in [5.41, 5.74) is 0.703. The molecule has 3 atom stereocenters. The van der Waals surface area contributed by atoms with Crippen LogP contribution >= 0.6 is 0 Å². The molecule has 0 aromatic carbocycles. The van der Waals surface area contributed by atoms with Crippen LogP contribution in [0.25, 0.3) is 0 Å². The maximum absolute atomic E-state index is 12.4. The van der Waals surface area contributed by atoms with Gasteiger partial charge in [-0.3, -0.25) is 14.7 Å². The van der Waals surface area contributed by atoms with E-state index in [1.807, 2.05) is 17.0 Å². The zero-order valence-corrected chi connectivity index (χ0v) is 12.9. The van der Waals surface area contributed by atoms with Crippen molar-refractivity contribution in [2.24, 2.45) is 17.8 Å². The van der Waals surface area contributed by atoms with Gasteiger partial charge in [-0.05, 0) is 42.7 Å². The lowest BCUT2D eigenvalue weighted by atomic mass is 9.93. The summed E-state index contributed by atoms with van der Waals surface area (Å²) < 4.78 is 0. The fourth-order valence-corrected chi connectivity index (χ4v) is 4.24. The van der Waals surface area contributed by atoms with Crippen molar-refractivity contribution in [2.75, 3.05) is 32.7 Å². The van der Waals surface area contributed by atoms with Gasteiger partial charge in [0.05, 0.1) is 5.56 Å². The van der Waals surface area contributed by atoms with Crippen molar-refractivity contribution in [3.8, 4) is 0 Å². The number of rotatable bonds is 3. The molecular weight excluding hydrogens is 274 g/mol. The summed E-state index contributed by atoms with van der Waals surface area (Å²) in [6.07, 6.45) is 11.0. The predicted octanol–water partition coefficient (Wildman–Crippen LogP) is 2.05. The van der Waals surface area contributed by atoms with Crippen LogP contribution in [0, 0.1) is 17.8 Å². The van der Waals surface area contributed by atoms with Crippen LogP contribution in [-0.4, -0.2) is 53.4 Å². The van der Waals surface area contributed by atoms with Gasteiger partial charge in [0.15, 0.2) is 0 Å². The van der Waals surface area contributed by atoms with Gasteiger partial charge in [-0.2, -0.15) is 0 Å². The van der Waals surface area contributed by atoms with Gasteiger partial charge in [0, 0.05) is 45.1 Å². The van der Waals surface area contributed by atoms with Crippen LogP contribution in [0.3, 0.4) is 0 Å². The Bertz CT molecular complexity index is 563. The Morgan fingerprint density at radius 1 is 1.18 bits per heavy atom. The molecule has 2 bridgehead atoms. The summed E-state index contributed by atoms with van der Waals surface area (Å²) in [6.45, 7) is 4.89. The van der Waals surface area contributed by atoms with Gasteiger partial charge in [-0.1, -0.05) is 12.2 Å². The Morgan fingerprint density at radius 3 is 2.68 bits per heavy atom. The first-order valence-electron chi connectivity index (χ1n) is 8.39. The molecule has 1 saturated heterocycles. The molecule has 4 nitrogen and oxygen atoms in total. The highest BCUT2D eigenvalue weighted by Crippen LogP contribution is 2.43. The fourth-order valence-electron chi connectivity index (χ4n) is 4.24. The smallest absolute Gasteiger partial charge is 0.255 e. The molecule has 0 radical (unpaired) electrons. The number of nitrogens with zero attached hydrogens (tertiary/aromatic N) is 3. The normalized spacial score (nSPS) is 30.9. The minimum atomic E-state index is 0.121. The Morgan fingerprint density at radius 2 is 2.05 bits per heavy atom. The molecule has 3 aliphatic rings. The van der Waals surface area contributed by atoms with E-state index in [-0.39, 0.29) is 5.91 Å². The minimum Gasteiger partial charge on any atom is -0.336 e. The van der Waals surface area contributed by atoms with Gasteiger partial charge in [0.2, 0.25) is 0 Å². The number of allylic oxidation sites excluding steroid dienone is 2. The van der Waals surface area contributed by atoms with Gasteiger partial charge in [0.25, 0.3) is 5.91 Å². The number of pyridine rings is 1. The van der Waals surface area contributed by atoms with Crippen LogP contribution in [0.1, 0.15) is 23.2 Å². The number of piperazine rings is 1. The molecule has 2 aliphatic carbocycles. The van der Waals surface area contributed by atoms with Crippen LogP contribution < -0.4 is 0 Å². The number of fused-ring (bicyclic) bond motifs is 2. The number of hydrogen-bond donors (Lipinski definition) is 0. The molecule has 2 fully saturated rings. The zero-order chi connectivity index (χ0) is 14.9. The quantitative estimate of drug-likeness (QED) is 0.801. The SMILES string of the molecule is O=C(c1cccnc1)N1CCN(C[C@@H]2C[C@H]3C=C[C@H]2C3)CC1. The third-order valence-corrected chi connectivity index (χ3v) is 5.48. The first-order valence-corrected chi connectivity index (χ1v) is 8.39. The highest BCUT2D eigenvalue weighted by Gasteiger charge is 2.36. The van der Waals surface area contributed by atoms with Crippen LogP contribution in [-0.2, 0) is 0 Å². The maximum Gasteiger partial charge on any atom is 0.255 e.